The number of hydrogen-bond acceptors (Lipinski definition) is 1. The van der Waals surface area contributed by atoms with Crippen LogP contribution in [-0.4, -0.2) is 5.91 Å². The standard InChI is InChI=1S/C19H11F4NO/c20-12-6-9-15(21)14(10-12)11-4-7-13(8-5-11)24-19(25)18-16(22)2-1-3-17(18)23/h1-10H,(H,24,25). The molecule has 0 aliphatic rings. The topological polar surface area (TPSA) is 29.1 Å². The van der Waals surface area contributed by atoms with Gasteiger partial charge in [0.2, 0.25) is 0 Å². The molecule has 0 spiro atoms. The van der Waals surface area contributed by atoms with Gasteiger partial charge in [0.25, 0.3) is 5.91 Å². The number of anilines is 1. The van der Waals surface area contributed by atoms with E-state index in [4.69, 9.17) is 0 Å². The van der Waals surface area contributed by atoms with Gasteiger partial charge in [-0.15, -0.1) is 0 Å². The largest absolute Gasteiger partial charge is 0.322 e. The number of rotatable bonds is 3. The predicted octanol–water partition coefficient (Wildman–Crippen LogP) is 5.16. The number of halogens is 4. The van der Waals surface area contributed by atoms with E-state index in [9.17, 15) is 22.4 Å². The van der Waals surface area contributed by atoms with Crippen LogP contribution in [0.1, 0.15) is 10.4 Å². The zero-order valence-electron chi connectivity index (χ0n) is 12.7. The summed E-state index contributed by atoms with van der Waals surface area (Å²) in [4.78, 5) is 12.0. The minimum absolute atomic E-state index is 0.0676. The van der Waals surface area contributed by atoms with Crippen molar-refractivity contribution in [3.8, 4) is 11.1 Å². The summed E-state index contributed by atoms with van der Waals surface area (Å²) in [5.41, 5.74) is 0.0288. The Morgan fingerprint density at radius 2 is 1.40 bits per heavy atom. The third-order valence-corrected chi connectivity index (χ3v) is 3.57. The molecule has 3 aromatic rings. The molecule has 0 saturated carbocycles. The third-order valence-electron chi connectivity index (χ3n) is 3.57. The average Bonchev–Trinajstić information content (AvgIpc) is 2.58. The lowest BCUT2D eigenvalue weighted by Crippen LogP contribution is -2.15. The number of hydrogen-bond donors (Lipinski definition) is 1. The van der Waals surface area contributed by atoms with Crippen LogP contribution in [0.25, 0.3) is 11.1 Å². The lowest BCUT2D eigenvalue weighted by atomic mass is 10.0. The van der Waals surface area contributed by atoms with Crippen molar-refractivity contribution >= 4 is 11.6 Å². The fraction of sp³-hybridized carbons (Fsp3) is 0. The summed E-state index contributed by atoms with van der Waals surface area (Å²) >= 11 is 0. The molecule has 2 nitrogen and oxygen atoms in total. The Kier molecular flexibility index (Phi) is 4.52. The lowest BCUT2D eigenvalue weighted by molar-refractivity contribution is 0.101. The van der Waals surface area contributed by atoms with Crippen LogP contribution in [0.5, 0.6) is 0 Å². The summed E-state index contributed by atoms with van der Waals surface area (Å²) < 4.78 is 54.2. The maximum absolute atomic E-state index is 13.8. The number of benzene rings is 3. The fourth-order valence-corrected chi connectivity index (χ4v) is 2.36. The van der Waals surface area contributed by atoms with Gasteiger partial charge in [-0.05, 0) is 48.0 Å². The van der Waals surface area contributed by atoms with Gasteiger partial charge in [-0.3, -0.25) is 4.79 Å². The molecular weight excluding hydrogens is 334 g/mol. The monoisotopic (exact) mass is 345 g/mol. The second-order valence-corrected chi connectivity index (χ2v) is 5.25. The minimum atomic E-state index is -0.976. The van der Waals surface area contributed by atoms with E-state index in [2.05, 4.69) is 5.32 Å². The molecule has 1 amide bonds. The second-order valence-electron chi connectivity index (χ2n) is 5.25. The zero-order chi connectivity index (χ0) is 18.0. The van der Waals surface area contributed by atoms with Crippen molar-refractivity contribution < 1.29 is 22.4 Å². The molecule has 126 valence electrons. The van der Waals surface area contributed by atoms with Crippen LogP contribution in [0.3, 0.4) is 0 Å². The predicted molar refractivity (Wildman–Crippen MR) is 86.1 cm³/mol. The van der Waals surface area contributed by atoms with E-state index in [-0.39, 0.29) is 11.3 Å². The SMILES string of the molecule is O=C(Nc1ccc(-c2cc(F)ccc2F)cc1)c1c(F)cccc1F. The first kappa shape index (κ1) is 16.7. The summed E-state index contributed by atoms with van der Waals surface area (Å²) in [7, 11) is 0. The van der Waals surface area contributed by atoms with Crippen molar-refractivity contribution in [3.05, 3.63) is 89.5 Å². The van der Waals surface area contributed by atoms with Gasteiger partial charge in [-0.1, -0.05) is 18.2 Å². The van der Waals surface area contributed by atoms with E-state index in [1.807, 2.05) is 0 Å². The Labute approximate surface area is 140 Å². The Morgan fingerprint density at radius 3 is 2.04 bits per heavy atom. The quantitative estimate of drug-likeness (QED) is 0.653. The Balaban J connectivity index is 1.84. The highest BCUT2D eigenvalue weighted by atomic mass is 19.1. The van der Waals surface area contributed by atoms with E-state index in [1.165, 1.54) is 24.3 Å². The number of carbonyl (C=O) groups is 1. The Bertz CT molecular complexity index is 918. The molecule has 0 bridgehead atoms. The first-order valence-corrected chi connectivity index (χ1v) is 7.26. The lowest BCUT2D eigenvalue weighted by Gasteiger charge is -2.09. The van der Waals surface area contributed by atoms with E-state index in [0.717, 1.165) is 36.4 Å². The molecule has 25 heavy (non-hydrogen) atoms. The molecule has 0 radical (unpaired) electrons. The Morgan fingerprint density at radius 1 is 0.760 bits per heavy atom. The normalized spacial score (nSPS) is 10.6. The molecule has 0 unspecified atom stereocenters. The van der Waals surface area contributed by atoms with Gasteiger partial charge in [0.05, 0.1) is 0 Å². The second kappa shape index (κ2) is 6.76. The van der Waals surface area contributed by atoms with Crippen LogP contribution in [0.2, 0.25) is 0 Å². The molecule has 0 aliphatic carbocycles. The van der Waals surface area contributed by atoms with E-state index in [0.29, 0.717) is 5.56 Å². The fourth-order valence-electron chi connectivity index (χ4n) is 2.36. The van der Waals surface area contributed by atoms with Crippen molar-refractivity contribution in [1.29, 1.82) is 0 Å². The number of carbonyl (C=O) groups excluding carboxylic acids is 1. The molecule has 6 heteroatoms. The molecule has 3 rings (SSSR count). The molecule has 0 heterocycles. The first-order chi connectivity index (χ1) is 12.0. The van der Waals surface area contributed by atoms with Crippen molar-refractivity contribution in [3.63, 3.8) is 0 Å². The summed E-state index contributed by atoms with van der Waals surface area (Å²) in [6.45, 7) is 0. The van der Waals surface area contributed by atoms with Crippen LogP contribution in [-0.2, 0) is 0 Å². The molecule has 1 N–H and O–H groups in total. The maximum Gasteiger partial charge on any atom is 0.261 e. The van der Waals surface area contributed by atoms with Gasteiger partial charge in [0.15, 0.2) is 0 Å². The van der Waals surface area contributed by atoms with Crippen LogP contribution in [0.15, 0.2) is 60.7 Å². The average molecular weight is 345 g/mol. The van der Waals surface area contributed by atoms with E-state index < -0.39 is 34.7 Å². The van der Waals surface area contributed by atoms with Gasteiger partial charge >= 0.3 is 0 Å². The third kappa shape index (κ3) is 3.52. The highest BCUT2D eigenvalue weighted by Crippen LogP contribution is 2.25. The molecule has 0 fully saturated rings. The van der Waals surface area contributed by atoms with E-state index in [1.54, 1.807) is 0 Å². The van der Waals surface area contributed by atoms with Crippen LogP contribution in [0, 0.1) is 23.3 Å². The highest BCUT2D eigenvalue weighted by molar-refractivity contribution is 6.04. The van der Waals surface area contributed by atoms with Gasteiger partial charge in [-0.25, -0.2) is 17.6 Å². The summed E-state index contributed by atoms with van der Waals surface area (Å²) in [6.07, 6.45) is 0. The van der Waals surface area contributed by atoms with Crippen LogP contribution >= 0.6 is 0 Å². The zero-order valence-corrected chi connectivity index (χ0v) is 12.7. The van der Waals surface area contributed by atoms with Crippen molar-refractivity contribution in [2.45, 2.75) is 0 Å². The van der Waals surface area contributed by atoms with Crippen molar-refractivity contribution in [1.82, 2.24) is 0 Å². The minimum Gasteiger partial charge on any atom is -0.322 e. The maximum atomic E-state index is 13.8. The molecule has 0 atom stereocenters. The summed E-state index contributed by atoms with van der Waals surface area (Å²) in [5.74, 6) is -4.07. The highest BCUT2D eigenvalue weighted by Gasteiger charge is 2.17. The first-order valence-electron chi connectivity index (χ1n) is 7.26. The smallest absolute Gasteiger partial charge is 0.261 e. The molecule has 0 aromatic heterocycles. The Hall–Kier alpha value is -3.15. The van der Waals surface area contributed by atoms with Crippen LogP contribution in [0.4, 0.5) is 23.2 Å². The number of nitrogens with one attached hydrogen (secondary N) is 1. The van der Waals surface area contributed by atoms with Gasteiger partial charge in [-0.2, -0.15) is 0 Å². The van der Waals surface area contributed by atoms with Gasteiger partial charge in [0.1, 0.15) is 28.8 Å². The van der Waals surface area contributed by atoms with Crippen molar-refractivity contribution in [2.24, 2.45) is 0 Å². The van der Waals surface area contributed by atoms with Crippen LogP contribution < -0.4 is 5.32 Å². The number of amides is 1. The van der Waals surface area contributed by atoms with Crippen molar-refractivity contribution in [2.75, 3.05) is 5.32 Å². The summed E-state index contributed by atoms with van der Waals surface area (Å²) in [6, 6.07) is 12.0. The molecule has 3 aromatic carbocycles. The molecule has 0 saturated heterocycles. The molecular formula is C19H11F4NO. The molecule has 0 aliphatic heterocycles. The van der Waals surface area contributed by atoms with Gasteiger partial charge in [0, 0.05) is 11.3 Å². The van der Waals surface area contributed by atoms with Gasteiger partial charge < -0.3 is 5.32 Å². The summed E-state index contributed by atoms with van der Waals surface area (Å²) in [5, 5.41) is 2.36. The van der Waals surface area contributed by atoms with E-state index >= 15 is 0 Å².